The number of hydrogen-bond donors (Lipinski definition) is 1. The van der Waals surface area contributed by atoms with E-state index in [0.29, 0.717) is 5.56 Å². The molecule has 0 saturated carbocycles. The van der Waals surface area contributed by atoms with E-state index in [1.807, 2.05) is 11.9 Å². The Labute approximate surface area is 94.0 Å². The molecule has 1 aliphatic heterocycles. The van der Waals surface area contributed by atoms with Crippen molar-refractivity contribution < 1.29 is 8.78 Å². The number of hydrogen-bond acceptors (Lipinski definition) is 2. The summed E-state index contributed by atoms with van der Waals surface area (Å²) in [5, 5.41) is 0. The van der Waals surface area contributed by atoms with Gasteiger partial charge in [0.1, 0.15) is 11.6 Å². The second-order valence-corrected chi connectivity index (χ2v) is 4.40. The molecular weight excluding hydrogens is 210 g/mol. The highest BCUT2D eigenvalue weighted by molar-refractivity contribution is 5.24. The van der Waals surface area contributed by atoms with Crippen molar-refractivity contribution in [3.63, 3.8) is 0 Å². The zero-order valence-corrected chi connectivity index (χ0v) is 9.29. The van der Waals surface area contributed by atoms with Crippen molar-refractivity contribution in [1.29, 1.82) is 0 Å². The first-order chi connectivity index (χ1) is 7.59. The molecule has 1 aliphatic rings. The van der Waals surface area contributed by atoms with Gasteiger partial charge in [-0.05, 0) is 44.6 Å². The van der Waals surface area contributed by atoms with E-state index in [1.54, 1.807) is 0 Å². The highest BCUT2D eigenvalue weighted by Crippen LogP contribution is 2.30. The van der Waals surface area contributed by atoms with E-state index in [2.05, 4.69) is 0 Å². The van der Waals surface area contributed by atoms with Gasteiger partial charge >= 0.3 is 0 Å². The summed E-state index contributed by atoms with van der Waals surface area (Å²) < 4.78 is 26.8. The molecule has 2 atom stereocenters. The van der Waals surface area contributed by atoms with Crippen molar-refractivity contribution in [2.75, 3.05) is 13.6 Å². The summed E-state index contributed by atoms with van der Waals surface area (Å²) in [4.78, 5) is 1.99. The number of likely N-dealkylation sites (tertiary alicyclic amines) is 1. The zero-order chi connectivity index (χ0) is 11.7. The fourth-order valence-corrected chi connectivity index (χ4v) is 2.41. The lowest BCUT2D eigenvalue weighted by molar-refractivity contribution is 0.159. The highest BCUT2D eigenvalue weighted by atomic mass is 19.1. The van der Waals surface area contributed by atoms with Gasteiger partial charge < -0.3 is 5.73 Å². The predicted octanol–water partition coefficient (Wildman–Crippen LogP) is 2.06. The Kier molecular flexibility index (Phi) is 3.21. The molecule has 16 heavy (non-hydrogen) atoms. The smallest absolute Gasteiger partial charge is 0.128 e. The zero-order valence-electron chi connectivity index (χ0n) is 9.29. The fraction of sp³-hybridized carbons (Fsp3) is 0.500. The van der Waals surface area contributed by atoms with E-state index < -0.39 is 5.82 Å². The summed E-state index contributed by atoms with van der Waals surface area (Å²) in [7, 11) is 1.90. The first-order valence-corrected chi connectivity index (χ1v) is 5.50. The molecule has 2 unspecified atom stereocenters. The number of likely N-dealkylation sites (N-methyl/N-ethyl adjacent to an activating group) is 1. The second-order valence-electron chi connectivity index (χ2n) is 4.40. The molecule has 1 heterocycles. The van der Waals surface area contributed by atoms with E-state index in [9.17, 15) is 8.78 Å². The Morgan fingerprint density at radius 1 is 1.38 bits per heavy atom. The summed E-state index contributed by atoms with van der Waals surface area (Å²) in [6.45, 7) is 0.869. The lowest BCUT2D eigenvalue weighted by atomic mass is 9.91. The van der Waals surface area contributed by atoms with Gasteiger partial charge in [0, 0.05) is 11.6 Å². The number of halogens is 2. The normalized spacial score (nSPS) is 27.0. The van der Waals surface area contributed by atoms with Crippen LogP contribution < -0.4 is 5.73 Å². The van der Waals surface area contributed by atoms with Gasteiger partial charge in [-0.2, -0.15) is 0 Å². The fourth-order valence-electron chi connectivity index (χ4n) is 2.41. The van der Waals surface area contributed by atoms with Crippen molar-refractivity contribution in [3.8, 4) is 0 Å². The van der Waals surface area contributed by atoms with E-state index in [-0.39, 0.29) is 17.9 Å². The number of benzene rings is 1. The van der Waals surface area contributed by atoms with Gasteiger partial charge in [0.05, 0.1) is 6.04 Å². The van der Waals surface area contributed by atoms with Gasteiger partial charge in [0.15, 0.2) is 0 Å². The lowest BCUT2D eigenvalue weighted by Gasteiger charge is -2.37. The molecule has 0 aromatic heterocycles. The maximum absolute atomic E-state index is 13.7. The van der Waals surface area contributed by atoms with Crippen LogP contribution in [0.5, 0.6) is 0 Å². The number of nitrogens with two attached hydrogens (primary N) is 1. The number of rotatable bonds is 1. The second kappa shape index (κ2) is 4.47. The topological polar surface area (TPSA) is 29.3 Å². The molecule has 0 aliphatic carbocycles. The molecule has 1 saturated heterocycles. The lowest BCUT2D eigenvalue weighted by Crippen LogP contribution is -2.44. The Balaban J connectivity index is 2.37. The van der Waals surface area contributed by atoms with E-state index in [1.165, 1.54) is 12.1 Å². The molecule has 1 aromatic rings. The minimum Gasteiger partial charge on any atom is -0.326 e. The van der Waals surface area contributed by atoms with Crippen LogP contribution in [0, 0.1) is 11.6 Å². The summed E-state index contributed by atoms with van der Waals surface area (Å²) in [6.07, 6.45) is 1.86. The van der Waals surface area contributed by atoms with Gasteiger partial charge in [-0.15, -0.1) is 0 Å². The summed E-state index contributed by atoms with van der Waals surface area (Å²) in [5.74, 6) is -0.793. The largest absolute Gasteiger partial charge is 0.326 e. The minimum absolute atomic E-state index is 0.130. The average molecular weight is 226 g/mol. The van der Waals surface area contributed by atoms with E-state index in [0.717, 1.165) is 25.5 Å². The molecule has 2 N–H and O–H groups in total. The highest BCUT2D eigenvalue weighted by Gasteiger charge is 2.30. The van der Waals surface area contributed by atoms with Crippen LogP contribution in [0.2, 0.25) is 0 Å². The number of piperidine rings is 1. The van der Waals surface area contributed by atoms with Crippen LogP contribution in [0.4, 0.5) is 8.78 Å². The molecule has 0 spiro atoms. The first kappa shape index (κ1) is 11.5. The van der Waals surface area contributed by atoms with Gasteiger partial charge in [-0.1, -0.05) is 0 Å². The van der Waals surface area contributed by atoms with Crippen LogP contribution >= 0.6 is 0 Å². The summed E-state index contributed by atoms with van der Waals surface area (Å²) in [6, 6.07) is 3.20. The third kappa shape index (κ3) is 2.08. The standard InChI is InChI=1S/C12H16F2N2/c1-16-6-2-3-11(15)12(16)9-7-8(13)4-5-10(9)14/h4-5,7,11-12H,2-3,6,15H2,1H3. The molecule has 0 radical (unpaired) electrons. The molecular formula is C12H16F2N2. The van der Waals surface area contributed by atoms with Crippen LogP contribution in [-0.4, -0.2) is 24.5 Å². The average Bonchev–Trinajstić information content (AvgIpc) is 2.23. The van der Waals surface area contributed by atoms with Gasteiger partial charge in [-0.25, -0.2) is 8.78 Å². The SMILES string of the molecule is CN1CCCC(N)C1c1cc(F)ccc1F. The summed E-state index contributed by atoms with van der Waals surface area (Å²) >= 11 is 0. The van der Waals surface area contributed by atoms with Crippen molar-refractivity contribution in [1.82, 2.24) is 4.90 Å². The van der Waals surface area contributed by atoms with E-state index >= 15 is 0 Å². The van der Waals surface area contributed by atoms with Crippen LogP contribution in [0.1, 0.15) is 24.4 Å². The molecule has 1 fully saturated rings. The predicted molar refractivity (Wildman–Crippen MR) is 58.9 cm³/mol. The molecule has 0 bridgehead atoms. The maximum atomic E-state index is 13.7. The molecule has 88 valence electrons. The first-order valence-electron chi connectivity index (χ1n) is 5.50. The van der Waals surface area contributed by atoms with Crippen molar-refractivity contribution in [3.05, 3.63) is 35.4 Å². The third-order valence-corrected chi connectivity index (χ3v) is 3.21. The molecule has 2 nitrogen and oxygen atoms in total. The molecule has 0 amide bonds. The monoisotopic (exact) mass is 226 g/mol. The van der Waals surface area contributed by atoms with Gasteiger partial charge in [0.25, 0.3) is 0 Å². The van der Waals surface area contributed by atoms with Crippen LogP contribution in [0.25, 0.3) is 0 Å². The maximum Gasteiger partial charge on any atom is 0.128 e. The van der Waals surface area contributed by atoms with Crippen molar-refractivity contribution in [2.45, 2.75) is 24.9 Å². The van der Waals surface area contributed by atoms with Crippen molar-refractivity contribution in [2.24, 2.45) is 5.73 Å². The van der Waals surface area contributed by atoms with Crippen LogP contribution in [-0.2, 0) is 0 Å². The van der Waals surface area contributed by atoms with Gasteiger partial charge in [-0.3, -0.25) is 4.90 Å². The summed E-state index contributed by atoms with van der Waals surface area (Å²) in [5.41, 5.74) is 6.36. The van der Waals surface area contributed by atoms with Gasteiger partial charge in [0.2, 0.25) is 0 Å². The van der Waals surface area contributed by atoms with Crippen LogP contribution in [0.15, 0.2) is 18.2 Å². The van der Waals surface area contributed by atoms with E-state index in [4.69, 9.17) is 5.73 Å². The molecule has 4 heteroatoms. The Hall–Kier alpha value is -1.00. The number of nitrogens with zero attached hydrogens (tertiary/aromatic N) is 1. The Morgan fingerprint density at radius 2 is 2.12 bits per heavy atom. The Morgan fingerprint density at radius 3 is 2.81 bits per heavy atom. The molecule has 1 aromatic carbocycles. The third-order valence-electron chi connectivity index (χ3n) is 3.21. The minimum atomic E-state index is -0.414. The molecule has 2 rings (SSSR count). The van der Waals surface area contributed by atoms with Crippen molar-refractivity contribution >= 4 is 0 Å². The quantitative estimate of drug-likeness (QED) is 0.794. The van der Waals surface area contributed by atoms with Crippen LogP contribution in [0.3, 0.4) is 0 Å². The Bertz CT molecular complexity index is 371.